The summed E-state index contributed by atoms with van der Waals surface area (Å²) in [5, 5.41) is 0. The zero-order valence-corrected chi connectivity index (χ0v) is 12.7. The van der Waals surface area contributed by atoms with Crippen LogP contribution < -0.4 is 4.74 Å². The largest absolute Gasteiger partial charge is 0.491 e. The summed E-state index contributed by atoms with van der Waals surface area (Å²) in [4.78, 5) is 13.5. The number of ether oxygens (including phenoxy) is 3. The fourth-order valence-corrected chi connectivity index (χ4v) is 2.31. The lowest BCUT2D eigenvalue weighted by atomic mass is 10.2. The number of esters is 1. The monoisotopic (exact) mass is 293 g/mol. The Balaban J connectivity index is 1.77. The van der Waals surface area contributed by atoms with E-state index in [2.05, 4.69) is 0 Å². The minimum atomic E-state index is -0.183. The molecule has 1 aromatic rings. The van der Waals surface area contributed by atoms with Crippen LogP contribution >= 0.6 is 0 Å². The first-order valence-electron chi connectivity index (χ1n) is 7.36. The summed E-state index contributed by atoms with van der Waals surface area (Å²) in [7, 11) is 0. The molecule has 0 radical (unpaired) electrons. The smallest absolute Gasteiger partial charge is 0.320 e. The zero-order valence-electron chi connectivity index (χ0n) is 12.7. The van der Waals surface area contributed by atoms with Gasteiger partial charge in [0.25, 0.3) is 0 Å². The van der Waals surface area contributed by atoms with Crippen LogP contribution in [0.3, 0.4) is 0 Å². The summed E-state index contributed by atoms with van der Waals surface area (Å²) in [5.41, 5.74) is 1.17. The van der Waals surface area contributed by atoms with Gasteiger partial charge in [0.15, 0.2) is 0 Å². The molecule has 1 aliphatic rings. The van der Waals surface area contributed by atoms with Crippen molar-refractivity contribution in [3.05, 3.63) is 29.8 Å². The Morgan fingerprint density at radius 1 is 1.48 bits per heavy atom. The van der Waals surface area contributed by atoms with E-state index >= 15 is 0 Å². The van der Waals surface area contributed by atoms with Crippen LogP contribution in [0.1, 0.15) is 12.5 Å². The van der Waals surface area contributed by atoms with Crippen molar-refractivity contribution < 1.29 is 19.0 Å². The molecule has 116 valence electrons. The second kappa shape index (κ2) is 8.00. The van der Waals surface area contributed by atoms with E-state index in [0.717, 1.165) is 12.3 Å². The van der Waals surface area contributed by atoms with Crippen molar-refractivity contribution in [1.82, 2.24) is 4.90 Å². The van der Waals surface area contributed by atoms with Gasteiger partial charge in [-0.1, -0.05) is 12.1 Å². The summed E-state index contributed by atoms with van der Waals surface area (Å²) in [5.74, 6) is 0.666. The zero-order chi connectivity index (χ0) is 15.1. The molecular formula is C16H23NO4. The third-order valence-corrected chi connectivity index (χ3v) is 3.31. The maximum atomic E-state index is 11.5. The van der Waals surface area contributed by atoms with Gasteiger partial charge in [0.05, 0.1) is 19.8 Å². The topological polar surface area (TPSA) is 48.0 Å². The third kappa shape index (κ3) is 5.36. The van der Waals surface area contributed by atoms with Gasteiger partial charge in [-0.05, 0) is 31.5 Å². The first-order valence-corrected chi connectivity index (χ1v) is 7.36. The number of hydrogen-bond donors (Lipinski definition) is 0. The third-order valence-electron chi connectivity index (χ3n) is 3.31. The molecule has 1 aliphatic heterocycles. The van der Waals surface area contributed by atoms with E-state index in [-0.39, 0.29) is 12.1 Å². The fraction of sp³-hybridized carbons (Fsp3) is 0.562. The summed E-state index contributed by atoms with van der Waals surface area (Å²) in [6, 6.07) is 7.94. The predicted molar refractivity (Wildman–Crippen MR) is 79.5 cm³/mol. The van der Waals surface area contributed by atoms with Crippen LogP contribution in [0.4, 0.5) is 0 Å². The summed E-state index contributed by atoms with van der Waals surface area (Å²) >= 11 is 0. The van der Waals surface area contributed by atoms with Gasteiger partial charge >= 0.3 is 5.97 Å². The molecule has 2 rings (SSSR count). The molecule has 0 amide bonds. The molecule has 1 saturated heterocycles. The van der Waals surface area contributed by atoms with Crippen LogP contribution in [0.5, 0.6) is 5.75 Å². The molecule has 0 unspecified atom stereocenters. The van der Waals surface area contributed by atoms with Crippen molar-refractivity contribution in [2.24, 2.45) is 0 Å². The van der Waals surface area contributed by atoms with E-state index < -0.39 is 0 Å². The molecule has 1 heterocycles. The van der Waals surface area contributed by atoms with E-state index in [9.17, 15) is 4.79 Å². The van der Waals surface area contributed by atoms with E-state index in [1.165, 1.54) is 5.56 Å². The molecule has 0 aliphatic carbocycles. The molecule has 0 spiro atoms. The van der Waals surface area contributed by atoms with Gasteiger partial charge in [-0.3, -0.25) is 9.69 Å². The number of hydrogen-bond acceptors (Lipinski definition) is 5. The van der Waals surface area contributed by atoms with Gasteiger partial charge in [0.1, 0.15) is 18.5 Å². The Bertz CT molecular complexity index is 463. The van der Waals surface area contributed by atoms with Crippen LogP contribution in [-0.2, 0) is 14.3 Å². The highest BCUT2D eigenvalue weighted by Gasteiger charge is 2.23. The Labute approximate surface area is 125 Å². The quantitative estimate of drug-likeness (QED) is 0.746. The molecule has 5 heteroatoms. The number of carbonyl (C=O) groups is 1. The SMILES string of the molecule is CCOC(=O)CN1CCO[C@H](COc2cccc(C)c2)C1. The first-order chi connectivity index (χ1) is 10.2. The van der Waals surface area contributed by atoms with E-state index in [1.54, 1.807) is 0 Å². The van der Waals surface area contributed by atoms with E-state index in [1.807, 2.05) is 43.0 Å². The van der Waals surface area contributed by atoms with Gasteiger partial charge in [0.2, 0.25) is 0 Å². The summed E-state index contributed by atoms with van der Waals surface area (Å²) < 4.78 is 16.4. The Morgan fingerprint density at radius 2 is 2.33 bits per heavy atom. The lowest BCUT2D eigenvalue weighted by molar-refractivity contribution is -0.146. The molecule has 0 saturated carbocycles. The predicted octanol–water partition coefficient (Wildman–Crippen LogP) is 1.64. The highest BCUT2D eigenvalue weighted by atomic mass is 16.5. The minimum absolute atomic E-state index is 0.0197. The van der Waals surface area contributed by atoms with Crippen molar-refractivity contribution in [3.63, 3.8) is 0 Å². The second-order valence-corrected chi connectivity index (χ2v) is 5.16. The number of benzene rings is 1. The summed E-state index contributed by atoms with van der Waals surface area (Å²) in [6.07, 6.45) is -0.0197. The van der Waals surface area contributed by atoms with E-state index in [4.69, 9.17) is 14.2 Å². The number of rotatable bonds is 6. The van der Waals surface area contributed by atoms with Crippen LogP contribution in [0.2, 0.25) is 0 Å². The fourth-order valence-electron chi connectivity index (χ4n) is 2.31. The molecule has 1 atom stereocenters. The lowest BCUT2D eigenvalue weighted by Gasteiger charge is -2.32. The average molecular weight is 293 g/mol. The highest BCUT2D eigenvalue weighted by Crippen LogP contribution is 2.14. The molecule has 1 aromatic carbocycles. The second-order valence-electron chi connectivity index (χ2n) is 5.16. The average Bonchev–Trinajstić information content (AvgIpc) is 2.46. The van der Waals surface area contributed by atoms with Gasteiger partial charge in [-0.25, -0.2) is 0 Å². The minimum Gasteiger partial charge on any atom is -0.491 e. The van der Waals surface area contributed by atoms with Crippen LogP contribution in [-0.4, -0.2) is 56.4 Å². The summed E-state index contributed by atoms with van der Waals surface area (Å²) in [6.45, 7) is 7.12. The Hall–Kier alpha value is -1.59. The number of aryl methyl sites for hydroxylation is 1. The lowest BCUT2D eigenvalue weighted by Crippen LogP contribution is -2.47. The number of carbonyl (C=O) groups excluding carboxylic acids is 1. The molecule has 21 heavy (non-hydrogen) atoms. The Kier molecular flexibility index (Phi) is 6.02. The van der Waals surface area contributed by atoms with Gasteiger partial charge in [0, 0.05) is 13.1 Å². The Morgan fingerprint density at radius 3 is 3.10 bits per heavy atom. The van der Waals surface area contributed by atoms with Crippen LogP contribution in [0, 0.1) is 6.92 Å². The van der Waals surface area contributed by atoms with Crippen molar-refractivity contribution >= 4 is 5.97 Å². The van der Waals surface area contributed by atoms with Gasteiger partial charge < -0.3 is 14.2 Å². The normalized spacial score (nSPS) is 19.2. The van der Waals surface area contributed by atoms with Crippen LogP contribution in [0.15, 0.2) is 24.3 Å². The van der Waals surface area contributed by atoms with Gasteiger partial charge in [-0.2, -0.15) is 0 Å². The van der Waals surface area contributed by atoms with E-state index in [0.29, 0.717) is 32.9 Å². The van der Waals surface area contributed by atoms with Crippen molar-refractivity contribution in [3.8, 4) is 5.75 Å². The molecule has 5 nitrogen and oxygen atoms in total. The number of morpholine rings is 1. The van der Waals surface area contributed by atoms with Crippen LogP contribution in [0.25, 0.3) is 0 Å². The van der Waals surface area contributed by atoms with Gasteiger partial charge in [-0.15, -0.1) is 0 Å². The molecule has 0 aromatic heterocycles. The molecule has 0 bridgehead atoms. The maximum absolute atomic E-state index is 11.5. The van der Waals surface area contributed by atoms with Crippen molar-refractivity contribution in [1.29, 1.82) is 0 Å². The molecular weight excluding hydrogens is 270 g/mol. The molecule has 1 fully saturated rings. The maximum Gasteiger partial charge on any atom is 0.320 e. The standard InChI is InChI=1S/C16H23NO4/c1-3-19-16(18)11-17-7-8-20-15(10-17)12-21-14-6-4-5-13(2)9-14/h4-6,9,15H,3,7-8,10-12H2,1-2H3/t15-/m0/s1. The number of nitrogens with zero attached hydrogens (tertiary/aromatic N) is 1. The van der Waals surface area contributed by atoms with Crippen molar-refractivity contribution in [2.45, 2.75) is 20.0 Å². The molecule has 0 N–H and O–H groups in total. The first kappa shape index (κ1) is 15.8. The highest BCUT2D eigenvalue weighted by molar-refractivity contribution is 5.71. The van der Waals surface area contributed by atoms with Crippen molar-refractivity contribution in [2.75, 3.05) is 39.5 Å².